The zero-order valence-corrected chi connectivity index (χ0v) is 12.2. The van der Waals surface area contributed by atoms with Crippen LogP contribution in [-0.2, 0) is 0 Å². The number of non-ortho nitro benzene ring substituents is 1. The van der Waals surface area contributed by atoms with Gasteiger partial charge in [-0.1, -0.05) is 24.4 Å². The zero-order valence-electron chi connectivity index (χ0n) is 11.4. The summed E-state index contributed by atoms with van der Waals surface area (Å²) in [6.45, 7) is 0.164. The summed E-state index contributed by atoms with van der Waals surface area (Å²) in [5.41, 5.74) is 0.00317. The molecule has 0 heterocycles. The Balaban J connectivity index is 1.95. The molecule has 0 aromatic heterocycles. The van der Waals surface area contributed by atoms with Gasteiger partial charge >= 0.3 is 0 Å². The lowest BCUT2D eigenvalue weighted by atomic mass is 10.0. The molecule has 7 heteroatoms. The average molecular weight is 313 g/mol. The molecule has 1 fully saturated rings. The van der Waals surface area contributed by atoms with Crippen molar-refractivity contribution in [2.24, 2.45) is 5.92 Å². The van der Waals surface area contributed by atoms with Crippen LogP contribution < -0.4 is 5.32 Å². The topological polar surface area (TPSA) is 92.5 Å². The Hall–Kier alpha value is -1.66. The van der Waals surface area contributed by atoms with Gasteiger partial charge in [0, 0.05) is 18.7 Å². The second-order valence-corrected chi connectivity index (χ2v) is 5.65. The Morgan fingerprint density at radius 1 is 1.48 bits per heavy atom. The highest BCUT2D eigenvalue weighted by molar-refractivity contribution is 6.34. The van der Waals surface area contributed by atoms with E-state index in [-0.39, 0.29) is 28.7 Å². The molecule has 2 N–H and O–H groups in total. The summed E-state index contributed by atoms with van der Waals surface area (Å²) >= 11 is 5.88. The minimum absolute atomic E-state index is 0.0251. The first kappa shape index (κ1) is 15.7. The largest absolute Gasteiger partial charge is 0.391 e. The van der Waals surface area contributed by atoms with Gasteiger partial charge in [0.2, 0.25) is 0 Å². The zero-order chi connectivity index (χ0) is 15.4. The molecule has 0 aliphatic heterocycles. The van der Waals surface area contributed by atoms with E-state index in [1.807, 2.05) is 0 Å². The number of hydrogen-bond donors (Lipinski definition) is 2. The lowest BCUT2D eigenvalue weighted by Gasteiger charge is -2.18. The van der Waals surface area contributed by atoms with Crippen molar-refractivity contribution >= 4 is 23.2 Å². The molecule has 1 aromatic rings. The summed E-state index contributed by atoms with van der Waals surface area (Å²) in [6.07, 6.45) is 3.63. The molecule has 1 unspecified atom stereocenters. The molecule has 1 aliphatic carbocycles. The van der Waals surface area contributed by atoms with Crippen molar-refractivity contribution in [2.75, 3.05) is 6.54 Å². The number of hydrogen-bond acceptors (Lipinski definition) is 4. The van der Waals surface area contributed by atoms with Crippen LogP contribution in [-0.4, -0.2) is 28.6 Å². The monoisotopic (exact) mass is 312 g/mol. The standard InChI is InChI=1S/C14H17ClN2O4/c15-12-7-10(17(20)21)5-6-11(12)14(19)16-8-13(18)9-3-1-2-4-9/h5-7,9,13,18H,1-4,8H2,(H,16,19). The number of nitro benzene ring substituents is 1. The first-order valence-corrected chi connectivity index (χ1v) is 7.27. The molecule has 1 aromatic carbocycles. The number of carbonyl (C=O) groups is 1. The van der Waals surface area contributed by atoms with E-state index < -0.39 is 16.9 Å². The summed E-state index contributed by atoms with van der Waals surface area (Å²) in [5, 5.41) is 23.3. The van der Waals surface area contributed by atoms with E-state index in [1.165, 1.54) is 12.1 Å². The van der Waals surface area contributed by atoms with Crippen LogP contribution in [0, 0.1) is 16.0 Å². The second-order valence-electron chi connectivity index (χ2n) is 5.24. The van der Waals surface area contributed by atoms with Crippen molar-refractivity contribution < 1.29 is 14.8 Å². The van der Waals surface area contributed by atoms with Gasteiger partial charge in [-0.3, -0.25) is 14.9 Å². The molecule has 0 spiro atoms. The Morgan fingerprint density at radius 3 is 2.71 bits per heavy atom. The van der Waals surface area contributed by atoms with Gasteiger partial charge in [0.25, 0.3) is 11.6 Å². The number of amides is 1. The Bertz CT molecular complexity index is 544. The van der Waals surface area contributed by atoms with Crippen molar-refractivity contribution in [3.8, 4) is 0 Å². The lowest BCUT2D eigenvalue weighted by Crippen LogP contribution is -2.35. The first-order chi connectivity index (χ1) is 9.99. The lowest BCUT2D eigenvalue weighted by molar-refractivity contribution is -0.384. The third-order valence-electron chi connectivity index (χ3n) is 3.82. The molecule has 114 valence electrons. The molecule has 0 saturated heterocycles. The number of carbonyl (C=O) groups excluding carboxylic acids is 1. The molecule has 1 aliphatic rings. The van der Waals surface area contributed by atoms with Gasteiger partial charge in [-0.25, -0.2) is 0 Å². The molecule has 1 amide bonds. The maximum atomic E-state index is 12.0. The van der Waals surface area contributed by atoms with Crippen LogP contribution in [0.15, 0.2) is 18.2 Å². The number of aliphatic hydroxyl groups is 1. The van der Waals surface area contributed by atoms with Gasteiger partial charge in [0.15, 0.2) is 0 Å². The van der Waals surface area contributed by atoms with E-state index in [0.717, 1.165) is 31.7 Å². The first-order valence-electron chi connectivity index (χ1n) is 6.89. The van der Waals surface area contributed by atoms with Crippen LogP contribution in [0.5, 0.6) is 0 Å². The predicted octanol–water partition coefficient (Wildman–Crippen LogP) is 2.53. The number of nitrogens with one attached hydrogen (secondary N) is 1. The van der Waals surface area contributed by atoms with Gasteiger partial charge in [0.05, 0.1) is 21.6 Å². The van der Waals surface area contributed by atoms with Crippen LogP contribution in [0.3, 0.4) is 0 Å². The van der Waals surface area contributed by atoms with Crippen molar-refractivity contribution in [1.29, 1.82) is 0 Å². The van der Waals surface area contributed by atoms with Crippen LogP contribution in [0.4, 0.5) is 5.69 Å². The molecule has 21 heavy (non-hydrogen) atoms. The van der Waals surface area contributed by atoms with Gasteiger partial charge in [-0.05, 0) is 24.8 Å². The minimum atomic E-state index is -0.572. The highest BCUT2D eigenvalue weighted by Crippen LogP contribution is 2.27. The van der Waals surface area contributed by atoms with Crippen LogP contribution in [0.25, 0.3) is 0 Å². The average Bonchev–Trinajstić information content (AvgIpc) is 2.98. The highest BCUT2D eigenvalue weighted by Gasteiger charge is 2.24. The van der Waals surface area contributed by atoms with Crippen molar-refractivity contribution in [3.05, 3.63) is 38.9 Å². The van der Waals surface area contributed by atoms with E-state index >= 15 is 0 Å². The van der Waals surface area contributed by atoms with Crippen molar-refractivity contribution in [1.82, 2.24) is 5.32 Å². The summed E-state index contributed by atoms with van der Waals surface area (Å²) < 4.78 is 0. The number of nitro groups is 1. The van der Waals surface area contributed by atoms with Crippen LogP contribution in [0.2, 0.25) is 5.02 Å². The van der Waals surface area contributed by atoms with E-state index in [2.05, 4.69) is 5.32 Å². The van der Waals surface area contributed by atoms with Gasteiger partial charge < -0.3 is 10.4 Å². The fourth-order valence-electron chi connectivity index (χ4n) is 2.60. The Kier molecular flexibility index (Phi) is 5.14. The molecular formula is C14H17ClN2O4. The van der Waals surface area contributed by atoms with E-state index in [9.17, 15) is 20.0 Å². The minimum Gasteiger partial charge on any atom is -0.391 e. The molecule has 1 atom stereocenters. The van der Waals surface area contributed by atoms with Gasteiger partial charge in [-0.15, -0.1) is 0 Å². The predicted molar refractivity (Wildman–Crippen MR) is 78.4 cm³/mol. The number of aliphatic hydroxyl groups excluding tert-OH is 1. The number of nitrogens with zero attached hydrogens (tertiary/aromatic N) is 1. The summed E-state index contributed by atoms with van der Waals surface area (Å²) in [7, 11) is 0. The summed E-state index contributed by atoms with van der Waals surface area (Å²) in [4.78, 5) is 22.0. The quantitative estimate of drug-likeness (QED) is 0.645. The van der Waals surface area contributed by atoms with E-state index in [0.29, 0.717) is 0 Å². The summed E-state index contributed by atoms with van der Waals surface area (Å²) in [6, 6.07) is 3.69. The van der Waals surface area contributed by atoms with Gasteiger partial charge in [-0.2, -0.15) is 0 Å². The fraction of sp³-hybridized carbons (Fsp3) is 0.500. The smallest absolute Gasteiger partial charge is 0.270 e. The molecule has 2 rings (SSSR count). The van der Waals surface area contributed by atoms with Crippen molar-refractivity contribution in [2.45, 2.75) is 31.8 Å². The number of benzene rings is 1. The van der Waals surface area contributed by atoms with E-state index in [1.54, 1.807) is 0 Å². The molecule has 6 nitrogen and oxygen atoms in total. The third-order valence-corrected chi connectivity index (χ3v) is 4.14. The number of rotatable bonds is 5. The maximum Gasteiger partial charge on any atom is 0.270 e. The normalized spacial score (nSPS) is 16.7. The van der Waals surface area contributed by atoms with E-state index in [4.69, 9.17) is 11.6 Å². The molecule has 1 saturated carbocycles. The van der Waals surface area contributed by atoms with Crippen LogP contribution >= 0.6 is 11.6 Å². The maximum absolute atomic E-state index is 12.0. The van der Waals surface area contributed by atoms with Crippen LogP contribution in [0.1, 0.15) is 36.0 Å². The number of halogens is 1. The molecule has 0 bridgehead atoms. The fourth-order valence-corrected chi connectivity index (χ4v) is 2.86. The Labute approximate surface area is 127 Å². The third kappa shape index (κ3) is 3.92. The highest BCUT2D eigenvalue weighted by atomic mass is 35.5. The molecule has 0 radical (unpaired) electrons. The molecular weight excluding hydrogens is 296 g/mol. The second kappa shape index (κ2) is 6.87. The van der Waals surface area contributed by atoms with Crippen molar-refractivity contribution in [3.63, 3.8) is 0 Å². The van der Waals surface area contributed by atoms with Gasteiger partial charge in [0.1, 0.15) is 0 Å². The Morgan fingerprint density at radius 2 is 2.14 bits per heavy atom. The SMILES string of the molecule is O=C(NCC(O)C1CCCC1)c1ccc([N+](=O)[O-])cc1Cl. The summed E-state index contributed by atoms with van der Waals surface area (Å²) in [5.74, 6) is -0.204.